The molecule has 2 N–H and O–H groups in total. The lowest BCUT2D eigenvalue weighted by molar-refractivity contribution is -0.108. The summed E-state index contributed by atoms with van der Waals surface area (Å²) < 4.78 is 8.30. The maximum Gasteiger partial charge on any atom is 0.137 e. The number of benzene rings is 2. The third kappa shape index (κ3) is 6.63. The zero-order valence-corrected chi connectivity index (χ0v) is 26.0. The first-order valence-electron chi connectivity index (χ1n) is 15.1. The van der Waals surface area contributed by atoms with E-state index in [0.29, 0.717) is 6.42 Å². The smallest absolute Gasteiger partial charge is 0.137 e. The predicted molar refractivity (Wildman–Crippen MR) is 171 cm³/mol. The first-order chi connectivity index (χ1) is 19.7. The average molecular weight is 554 g/mol. The van der Waals surface area contributed by atoms with Gasteiger partial charge in [-0.05, 0) is 84.5 Å². The van der Waals surface area contributed by atoms with Crippen LogP contribution in [0.25, 0.3) is 33.3 Å². The van der Waals surface area contributed by atoms with Gasteiger partial charge in [0, 0.05) is 36.3 Å². The zero-order valence-electron chi connectivity index (χ0n) is 26.0. The number of hydrogen-bond donors (Lipinski definition) is 1. The molecule has 0 radical (unpaired) electrons. The molecule has 0 bridgehead atoms. The Morgan fingerprint density at radius 1 is 1.05 bits per heavy atom. The number of ether oxygens (including phenoxy) is 1. The van der Waals surface area contributed by atoms with Crippen LogP contribution in [0.2, 0.25) is 0 Å². The average Bonchev–Trinajstić information content (AvgIpc) is 3.28. The number of aryl methyl sites for hydroxylation is 2. The van der Waals surface area contributed by atoms with E-state index in [4.69, 9.17) is 15.5 Å². The Morgan fingerprint density at radius 3 is 2.46 bits per heavy atom. The Balaban J connectivity index is 2.01. The molecule has 0 spiro atoms. The largest absolute Gasteiger partial charge is 0.375 e. The molecule has 0 aliphatic carbocycles. The number of rotatable bonds is 13. The Kier molecular flexibility index (Phi) is 9.83. The van der Waals surface area contributed by atoms with Crippen molar-refractivity contribution in [2.24, 2.45) is 11.1 Å². The van der Waals surface area contributed by atoms with Crippen LogP contribution in [0.1, 0.15) is 82.9 Å². The molecule has 2 aromatic carbocycles. The summed E-state index contributed by atoms with van der Waals surface area (Å²) in [4.78, 5) is 16.1. The zero-order chi connectivity index (χ0) is 29.7. The van der Waals surface area contributed by atoms with E-state index in [1.54, 1.807) is 7.11 Å². The summed E-state index contributed by atoms with van der Waals surface area (Å²) in [5.41, 5.74) is 16.7. The third-order valence-corrected chi connectivity index (χ3v) is 8.51. The normalized spacial score (nSPS) is 13.5. The molecule has 0 fully saturated rings. The standard InChI is InChI=1S/C36H47N3O2/c1-8-12-26-19-31(34(38-22-26)24(4)41-7)35-32(21-36(5,6)9-2)30-20-28(15-16-33(30)39(35)10-3)27-14-11-13-25(17-27)18-29(37)23-40/h11,13-17,19-20,22-24,29H,8-10,12,18,21,37H2,1-7H3. The van der Waals surface area contributed by atoms with Gasteiger partial charge in [0.1, 0.15) is 6.29 Å². The van der Waals surface area contributed by atoms with Gasteiger partial charge in [0.15, 0.2) is 0 Å². The Morgan fingerprint density at radius 2 is 1.80 bits per heavy atom. The molecule has 41 heavy (non-hydrogen) atoms. The number of methoxy groups -OCH3 is 1. The fraction of sp³-hybridized carbons (Fsp3) is 0.444. The molecular weight excluding hydrogens is 506 g/mol. The van der Waals surface area contributed by atoms with Gasteiger partial charge >= 0.3 is 0 Å². The highest BCUT2D eigenvalue weighted by Crippen LogP contribution is 2.42. The van der Waals surface area contributed by atoms with Crippen LogP contribution in [0.15, 0.2) is 54.7 Å². The summed E-state index contributed by atoms with van der Waals surface area (Å²) in [6.07, 6.45) is 7.37. The van der Waals surface area contributed by atoms with Gasteiger partial charge in [0.2, 0.25) is 0 Å². The van der Waals surface area contributed by atoms with E-state index >= 15 is 0 Å². The van der Waals surface area contributed by atoms with Gasteiger partial charge in [-0.25, -0.2) is 0 Å². The van der Waals surface area contributed by atoms with Crippen LogP contribution in [-0.2, 0) is 35.3 Å². The van der Waals surface area contributed by atoms with Crippen molar-refractivity contribution in [3.05, 3.63) is 77.1 Å². The second-order valence-corrected chi connectivity index (χ2v) is 12.1. The van der Waals surface area contributed by atoms with Crippen LogP contribution >= 0.6 is 0 Å². The summed E-state index contributed by atoms with van der Waals surface area (Å²) in [5, 5.41) is 1.28. The molecule has 0 aliphatic heterocycles. The minimum atomic E-state index is -0.488. The van der Waals surface area contributed by atoms with Gasteiger partial charge in [-0.3, -0.25) is 4.98 Å². The minimum Gasteiger partial charge on any atom is -0.375 e. The number of aldehydes is 1. The number of carbonyl (C=O) groups excluding carboxylic acids is 1. The molecule has 2 unspecified atom stereocenters. The number of nitrogens with zero attached hydrogens (tertiary/aromatic N) is 2. The molecule has 0 saturated carbocycles. The Bertz CT molecular complexity index is 1500. The topological polar surface area (TPSA) is 70.1 Å². The maximum atomic E-state index is 11.2. The molecule has 4 rings (SSSR count). The highest BCUT2D eigenvalue weighted by molar-refractivity contribution is 5.95. The molecule has 5 heteroatoms. The van der Waals surface area contributed by atoms with Gasteiger partial charge in [-0.2, -0.15) is 0 Å². The SMILES string of the molecule is CCCc1cnc(C(C)OC)c(-c2c(CC(C)(C)CC)c3cc(-c4cccc(CC(N)C=O)c4)ccc3n2CC)c1. The summed E-state index contributed by atoms with van der Waals surface area (Å²) in [5.74, 6) is 0. The van der Waals surface area contributed by atoms with Crippen LogP contribution in [0.3, 0.4) is 0 Å². The molecule has 4 aromatic rings. The number of fused-ring (bicyclic) bond motifs is 1. The summed E-state index contributed by atoms with van der Waals surface area (Å²) >= 11 is 0. The molecule has 2 aromatic heterocycles. The summed E-state index contributed by atoms with van der Waals surface area (Å²) in [7, 11) is 1.76. The molecular formula is C36H47N3O2. The van der Waals surface area contributed by atoms with E-state index in [9.17, 15) is 4.79 Å². The van der Waals surface area contributed by atoms with Crippen molar-refractivity contribution in [3.63, 3.8) is 0 Å². The lowest BCUT2D eigenvalue weighted by Crippen LogP contribution is -2.23. The van der Waals surface area contributed by atoms with Crippen molar-refractivity contribution < 1.29 is 9.53 Å². The number of aromatic nitrogens is 2. The van der Waals surface area contributed by atoms with Gasteiger partial charge < -0.3 is 19.8 Å². The highest BCUT2D eigenvalue weighted by atomic mass is 16.5. The van der Waals surface area contributed by atoms with Gasteiger partial charge in [-0.15, -0.1) is 0 Å². The van der Waals surface area contributed by atoms with Gasteiger partial charge in [0.25, 0.3) is 0 Å². The highest BCUT2D eigenvalue weighted by Gasteiger charge is 2.27. The molecule has 218 valence electrons. The maximum absolute atomic E-state index is 11.2. The second kappa shape index (κ2) is 13.1. The molecule has 0 saturated heterocycles. The van der Waals surface area contributed by atoms with Crippen LogP contribution < -0.4 is 5.73 Å². The molecule has 2 heterocycles. The number of pyridine rings is 1. The quantitative estimate of drug-likeness (QED) is 0.170. The fourth-order valence-corrected chi connectivity index (χ4v) is 5.79. The van der Waals surface area contributed by atoms with E-state index in [2.05, 4.69) is 88.6 Å². The molecule has 2 atom stereocenters. The third-order valence-electron chi connectivity index (χ3n) is 8.51. The number of nitrogens with two attached hydrogens (primary N) is 1. The van der Waals surface area contributed by atoms with Crippen LogP contribution in [-0.4, -0.2) is 29.0 Å². The number of hydrogen-bond acceptors (Lipinski definition) is 4. The summed E-state index contributed by atoms with van der Waals surface area (Å²) in [6, 6.07) is 17.1. The van der Waals surface area contributed by atoms with E-state index in [1.165, 1.54) is 33.3 Å². The van der Waals surface area contributed by atoms with Gasteiger partial charge in [-0.1, -0.05) is 70.9 Å². The van der Waals surface area contributed by atoms with E-state index in [1.807, 2.05) is 12.3 Å². The molecule has 5 nitrogen and oxygen atoms in total. The van der Waals surface area contributed by atoms with Crippen molar-refractivity contribution in [1.82, 2.24) is 9.55 Å². The van der Waals surface area contributed by atoms with Crippen LogP contribution in [0.5, 0.6) is 0 Å². The van der Waals surface area contributed by atoms with Crippen molar-refractivity contribution >= 4 is 17.2 Å². The Labute approximate surface area is 246 Å². The number of carbonyl (C=O) groups is 1. The molecule has 0 aliphatic rings. The first-order valence-corrected chi connectivity index (χ1v) is 15.1. The van der Waals surface area contributed by atoms with E-state index < -0.39 is 6.04 Å². The lowest BCUT2D eigenvalue weighted by Gasteiger charge is -2.25. The fourth-order valence-electron chi connectivity index (χ4n) is 5.79. The monoisotopic (exact) mass is 553 g/mol. The van der Waals surface area contributed by atoms with Crippen molar-refractivity contribution in [2.75, 3.05) is 7.11 Å². The predicted octanol–water partition coefficient (Wildman–Crippen LogP) is 8.10. The van der Waals surface area contributed by atoms with E-state index in [-0.39, 0.29) is 11.5 Å². The van der Waals surface area contributed by atoms with Crippen molar-refractivity contribution in [3.8, 4) is 22.4 Å². The molecule has 0 amide bonds. The Hall–Kier alpha value is -3.28. The lowest BCUT2D eigenvalue weighted by atomic mass is 9.81. The summed E-state index contributed by atoms with van der Waals surface area (Å²) in [6.45, 7) is 14.4. The van der Waals surface area contributed by atoms with Crippen molar-refractivity contribution in [2.45, 2.75) is 92.3 Å². The second-order valence-electron chi connectivity index (χ2n) is 12.1. The van der Waals surface area contributed by atoms with E-state index in [0.717, 1.165) is 60.9 Å². The van der Waals surface area contributed by atoms with Crippen molar-refractivity contribution in [1.29, 1.82) is 0 Å². The first kappa shape index (κ1) is 30.7. The van der Waals surface area contributed by atoms with Crippen LogP contribution in [0.4, 0.5) is 0 Å². The van der Waals surface area contributed by atoms with Gasteiger partial charge in [0.05, 0.1) is 23.5 Å². The van der Waals surface area contributed by atoms with Crippen LogP contribution in [0, 0.1) is 5.41 Å². The minimum absolute atomic E-state index is 0.118.